The number of phenolic OH excluding ortho intramolecular Hbond substituents is 1. The number of aromatic hydroxyl groups is 1. The summed E-state index contributed by atoms with van der Waals surface area (Å²) < 4.78 is 18.5. The monoisotopic (exact) mass is 825 g/mol. The quantitative estimate of drug-likeness (QED) is 0.0652. The van der Waals surface area contributed by atoms with Crippen molar-refractivity contribution in [3.63, 3.8) is 0 Å². The number of aromatic nitrogens is 1. The van der Waals surface area contributed by atoms with Crippen molar-refractivity contribution in [3.8, 4) is 22.6 Å². The second kappa shape index (κ2) is 18.7. The summed E-state index contributed by atoms with van der Waals surface area (Å²) in [4.78, 5) is 42.9. The van der Waals surface area contributed by atoms with Gasteiger partial charge in [-0.15, -0.1) is 0 Å². The number of anilines is 2. The Morgan fingerprint density at radius 3 is 2.52 bits per heavy atom. The molecule has 1 aliphatic rings. The molecule has 12 nitrogen and oxygen atoms in total. The van der Waals surface area contributed by atoms with E-state index in [4.69, 9.17) is 13.9 Å². The Labute approximate surface area is 345 Å². The third-order valence-corrected chi connectivity index (χ3v) is 16.3. The standard InChI is InChI=1S/C44H55N5O7SSi/c1-44(2,3)58(5,6)56-39(34-13-15-37(50)42-35(34)14-16-40(51)48-42)27-45-26-29-11-12-31(25-38(29)54-4)46-41(52)19-23-49-21-17-32(18-22-49)55-43(53)47-36-10-8-7-9-33(36)30-20-24-57-28-30/h7-16,20,24-25,28,32,39,45,50H,17-19,21-23,26-27H2,1-6H3,(H,46,52)(H,47,53)(H,48,51)/t39-/m0/s1. The lowest BCUT2D eigenvalue weighted by atomic mass is 10.0. The number of fused-ring (bicyclic) bond motifs is 1. The Morgan fingerprint density at radius 2 is 1.79 bits per heavy atom. The summed E-state index contributed by atoms with van der Waals surface area (Å²) in [6.45, 7) is 14.0. The van der Waals surface area contributed by atoms with Crippen molar-refractivity contribution in [2.24, 2.45) is 0 Å². The Kier molecular flexibility index (Phi) is 13.8. The van der Waals surface area contributed by atoms with Crippen molar-refractivity contribution in [1.29, 1.82) is 0 Å². The number of ether oxygens (including phenoxy) is 2. The number of benzene rings is 3. The number of rotatable bonds is 15. The maximum atomic E-state index is 13.0. The SMILES string of the molecule is COc1cc(NC(=O)CCN2CCC(OC(=O)Nc3ccccc3-c3ccsc3)CC2)ccc1CNC[C@H](O[Si](C)(C)C(C)(C)C)c1ccc(O)c2[nH]c(=O)ccc12. The van der Waals surface area contributed by atoms with Gasteiger partial charge < -0.3 is 39.5 Å². The minimum Gasteiger partial charge on any atom is -0.506 e. The van der Waals surface area contributed by atoms with E-state index in [0.717, 1.165) is 46.4 Å². The second-order valence-corrected chi connectivity index (χ2v) is 21.8. The number of pyridine rings is 1. The molecule has 6 rings (SSSR count). The lowest BCUT2D eigenvalue weighted by Gasteiger charge is -2.39. The number of carbonyl (C=O) groups excluding carboxylic acids is 2. The molecule has 308 valence electrons. The van der Waals surface area contributed by atoms with Gasteiger partial charge in [-0.2, -0.15) is 11.3 Å². The zero-order chi connectivity index (χ0) is 41.5. The van der Waals surface area contributed by atoms with Crippen molar-refractivity contribution in [2.75, 3.05) is 43.9 Å². The van der Waals surface area contributed by atoms with Crippen LogP contribution >= 0.6 is 11.3 Å². The van der Waals surface area contributed by atoms with Crippen LogP contribution in [-0.2, 0) is 20.5 Å². The maximum Gasteiger partial charge on any atom is 0.411 e. The number of likely N-dealkylation sites (tertiary alicyclic amines) is 1. The average molecular weight is 826 g/mol. The van der Waals surface area contributed by atoms with E-state index in [-0.39, 0.29) is 34.5 Å². The Hall–Kier alpha value is -4.99. The lowest BCUT2D eigenvalue weighted by molar-refractivity contribution is -0.116. The maximum absolute atomic E-state index is 13.0. The number of amides is 2. The van der Waals surface area contributed by atoms with Crippen molar-refractivity contribution in [3.05, 3.63) is 105 Å². The van der Waals surface area contributed by atoms with Crippen LogP contribution in [0.4, 0.5) is 16.2 Å². The second-order valence-electron chi connectivity index (χ2n) is 16.2. The molecule has 58 heavy (non-hydrogen) atoms. The Bertz CT molecular complexity index is 2250. The molecule has 0 spiro atoms. The third-order valence-electron chi connectivity index (χ3n) is 11.2. The number of nitrogens with one attached hydrogen (secondary N) is 4. The molecule has 3 heterocycles. The molecule has 5 N–H and O–H groups in total. The summed E-state index contributed by atoms with van der Waals surface area (Å²) in [7, 11) is -0.635. The molecule has 14 heteroatoms. The molecule has 1 aliphatic heterocycles. The van der Waals surface area contributed by atoms with Gasteiger partial charge in [-0.3, -0.25) is 14.9 Å². The number of aromatic amines is 1. The van der Waals surface area contributed by atoms with Crippen LogP contribution in [0, 0.1) is 0 Å². The van der Waals surface area contributed by atoms with E-state index >= 15 is 0 Å². The molecule has 5 aromatic rings. The minimum absolute atomic E-state index is 0.00783. The fourth-order valence-electron chi connectivity index (χ4n) is 6.88. The summed E-state index contributed by atoms with van der Waals surface area (Å²) >= 11 is 1.61. The highest BCUT2D eigenvalue weighted by molar-refractivity contribution is 7.08. The van der Waals surface area contributed by atoms with E-state index in [0.29, 0.717) is 55.9 Å². The van der Waals surface area contributed by atoms with Crippen molar-refractivity contribution in [1.82, 2.24) is 15.2 Å². The van der Waals surface area contributed by atoms with Gasteiger partial charge in [0.1, 0.15) is 17.6 Å². The average Bonchev–Trinajstić information content (AvgIpc) is 3.73. The van der Waals surface area contributed by atoms with Gasteiger partial charge >= 0.3 is 6.09 Å². The van der Waals surface area contributed by atoms with Gasteiger partial charge in [0.15, 0.2) is 8.32 Å². The van der Waals surface area contributed by atoms with Crippen LogP contribution in [0.2, 0.25) is 18.1 Å². The molecule has 1 fully saturated rings. The number of phenols is 1. The van der Waals surface area contributed by atoms with Gasteiger partial charge in [0.25, 0.3) is 0 Å². The minimum atomic E-state index is -2.24. The summed E-state index contributed by atoms with van der Waals surface area (Å²) in [6.07, 6.45) is 0.718. The number of para-hydroxylation sites is 1. The van der Waals surface area contributed by atoms with Gasteiger partial charge in [0.2, 0.25) is 11.5 Å². The van der Waals surface area contributed by atoms with E-state index < -0.39 is 14.4 Å². The molecule has 1 atom stereocenters. The topological polar surface area (TPSA) is 154 Å². The number of piperidine rings is 1. The summed E-state index contributed by atoms with van der Waals surface area (Å²) in [5.74, 6) is 0.553. The van der Waals surface area contributed by atoms with Gasteiger partial charge in [-0.25, -0.2) is 4.79 Å². The number of hydrogen-bond acceptors (Lipinski definition) is 10. The van der Waals surface area contributed by atoms with Crippen molar-refractivity contribution in [2.45, 2.75) is 76.9 Å². The molecule has 0 saturated carbocycles. The molecule has 2 aromatic heterocycles. The first kappa shape index (κ1) is 42.6. The number of thiophene rings is 1. The largest absolute Gasteiger partial charge is 0.506 e. The van der Waals surface area contributed by atoms with Crippen LogP contribution in [0.3, 0.4) is 0 Å². The Balaban J connectivity index is 0.986. The van der Waals surface area contributed by atoms with Crippen molar-refractivity contribution >= 4 is 53.9 Å². The van der Waals surface area contributed by atoms with Gasteiger partial charge in [-0.1, -0.05) is 51.1 Å². The molecule has 3 aromatic carbocycles. The van der Waals surface area contributed by atoms with Crippen molar-refractivity contribution < 1.29 is 28.6 Å². The third kappa shape index (κ3) is 10.7. The molecule has 0 bridgehead atoms. The van der Waals surface area contributed by atoms with Gasteiger partial charge in [0, 0.05) is 73.5 Å². The summed E-state index contributed by atoms with van der Waals surface area (Å²) in [5.41, 5.74) is 5.26. The molecule has 1 saturated heterocycles. The fourth-order valence-corrected chi connectivity index (χ4v) is 8.81. The van der Waals surface area contributed by atoms with E-state index in [1.165, 1.54) is 6.07 Å². The molecular formula is C44H55N5O7SSi. The first-order chi connectivity index (χ1) is 27.7. The highest BCUT2D eigenvalue weighted by Gasteiger charge is 2.40. The summed E-state index contributed by atoms with van der Waals surface area (Å²) in [6, 6.07) is 22.0. The predicted octanol–water partition coefficient (Wildman–Crippen LogP) is 8.87. The highest BCUT2D eigenvalue weighted by atomic mass is 32.1. The molecule has 0 unspecified atom stereocenters. The number of methoxy groups -OCH3 is 1. The van der Waals surface area contributed by atoms with Crippen LogP contribution in [0.25, 0.3) is 22.0 Å². The molecule has 2 amide bonds. The van der Waals surface area contributed by atoms with Crippen LogP contribution < -0.4 is 26.2 Å². The zero-order valence-corrected chi connectivity index (χ0v) is 36.0. The van der Waals surface area contributed by atoms with E-state index in [1.54, 1.807) is 30.6 Å². The number of nitrogens with zero attached hydrogens (tertiary/aromatic N) is 1. The van der Waals surface area contributed by atoms with Gasteiger partial charge in [-0.05, 0) is 83.2 Å². The van der Waals surface area contributed by atoms with Crippen LogP contribution in [-0.4, -0.2) is 74.7 Å². The predicted molar refractivity (Wildman–Crippen MR) is 235 cm³/mol. The first-order valence-electron chi connectivity index (χ1n) is 19.7. The first-order valence-corrected chi connectivity index (χ1v) is 23.6. The smallest absolute Gasteiger partial charge is 0.411 e. The van der Waals surface area contributed by atoms with Crippen LogP contribution in [0.1, 0.15) is 57.3 Å². The molecule has 0 aliphatic carbocycles. The van der Waals surface area contributed by atoms with Crippen LogP contribution in [0.15, 0.2) is 88.4 Å². The van der Waals surface area contributed by atoms with Gasteiger partial charge in [0.05, 0.1) is 24.4 Å². The molecule has 0 radical (unpaired) electrons. The normalized spacial score (nSPS) is 14.6. The van der Waals surface area contributed by atoms with Crippen LogP contribution in [0.5, 0.6) is 11.5 Å². The Morgan fingerprint density at radius 1 is 1.02 bits per heavy atom. The van der Waals surface area contributed by atoms with E-state index in [2.05, 4.69) is 59.7 Å². The fraction of sp³-hybridized carbons (Fsp3) is 0.386. The zero-order valence-electron chi connectivity index (χ0n) is 34.1. The van der Waals surface area contributed by atoms with E-state index in [9.17, 15) is 19.5 Å². The lowest BCUT2D eigenvalue weighted by Crippen LogP contribution is -2.43. The number of hydrogen-bond donors (Lipinski definition) is 5. The number of H-pyrrole nitrogens is 1. The highest BCUT2D eigenvalue weighted by Crippen LogP contribution is 2.41. The summed E-state index contributed by atoms with van der Waals surface area (Å²) in [5, 5.41) is 24.8. The molecular weight excluding hydrogens is 771 g/mol. The number of carbonyl (C=O) groups is 2. The van der Waals surface area contributed by atoms with E-state index in [1.807, 2.05) is 65.4 Å².